The highest BCUT2D eigenvalue weighted by Crippen LogP contribution is 2.35. The second-order valence-corrected chi connectivity index (χ2v) is 14.2. The minimum absolute atomic E-state index is 0.0531. The zero-order valence-electron chi connectivity index (χ0n) is 29.3. The van der Waals surface area contributed by atoms with Gasteiger partial charge in [-0.1, -0.05) is 16.1 Å². The molecule has 3 aromatic rings. The molecule has 0 saturated carbocycles. The standard InChI is InChI=1S/C32H31N7O14S3/c1-18-6-9-20(54-52-50-44)15-24(18)38-32(43)23(30(36-38)49-17-33-2)12-8-19(37-14-4-5-27(37)40)7-11-22-28(29(41)34-3)35-39(31(22)42)25-16-21(55-53-51-45)10-13-26(25)56(46,47)48/h6-13,15-17,42,44-45H,4-5,14H2,1-3H3,(H,34,41)(H,46,47,48)/b11-7?,19-8?,23-12-,33-17?. The quantitative estimate of drug-likeness (QED) is 0.0213. The molecule has 296 valence electrons. The van der Waals surface area contributed by atoms with Crippen molar-refractivity contribution in [3.63, 3.8) is 0 Å². The number of aryl methyl sites for hydroxylation is 1. The van der Waals surface area contributed by atoms with Crippen LogP contribution in [0.3, 0.4) is 0 Å². The van der Waals surface area contributed by atoms with Crippen LogP contribution in [0, 0.1) is 6.92 Å². The Bertz CT molecular complexity index is 2290. The molecule has 1 fully saturated rings. The second-order valence-electron chi connectivity index (χ2n) is 11.2. The fourth-order valence-electron chi connectivity index (χ4n) is 5.32. The van der Waals surface area contributed by atoms with Gasteiger partial charge in [0.15, 0.2) is 12.1 Å². The number of carbonyl (C=O) groups excluding carboxylic acids is 3. The number of aliphatic imine (C=N–C) groups is 1. The van der Waals surface area contributed by atoms with Gasteiger partial charge in [-0.2, -0.15) is 23.2 Å². The number of nitrogens with zero attached hydrogens (tertiary/aromatic N) is 6. The Morgan fingerprint density at radius 1 is 1.05 bits per heavy atom. The van der Waals surface area contributed by atoms with E-state index in [1.165, 1.54) is 49.4 Å². The maximum absolute atomic E-state index is 13.9. The molecule has 2 aromatic carbocycles. The number of likely N-dealkylation sites (tertiary alicyclic amines) is 1. The summed E-state index contributed by atoms with van der Waals surface area (Å²) < 4.78 is 49.7. The smallest absolute Gasteiger partial charge is 0.296 e. The molecule has 0 bridgehead atoms. The van der Waals surface area contributed by atoms with Gasteiger partial charge in [0.05, 0.1) is 41.0 Å². The van der Waals surface area contributed by atoms with Crippen molar-refractivity contribution < 1.29 is 66.5 Å². The fourth-order valence-corrected chi connectivity index (χ4v) is 6.76. The number of allylic oxidation sites excluding steroid dienone is 3. The van der Waals surface area contributed by atoms with E-state index in [1.807, 2.05) is 0 Å². The number of nitrogens with one attached hydrogen (secondary N) is 1. The van der Waals surface area contributed by atoms with Crippen molar-refractivity contribution in [1.29, 1.82) is 0 Å². The molecule has 2 aliphatic heterocycles. The van der Waals surface area contributed by atoms with Crippen molar-refractivity contribution in [2.45, 2.75) is 34.5 Å². The van der Waals surface area contributed by atoms with Crippen LogP contribution >= 0.6 is 24.1 Å². The summed E-state index contributed by atoms with van der Waals surface area (Å²) in [7, 11) is -2.19. The van der Waals surface area contributed by atoms with Crippen LogP contribution in [-0.4, -0.2) is 93.9 Å². The van der Waals surface area contributed by atoms with Gasteiger partial charge in [-0.05, 0) is 73.5 Å². The van der Waals surface area contributed by atoms with Gasteiger partial charge < -0.3 is 20.1 Å². The summed E-state index contributed by atoms with van der Waals surface area (Å²) >= 11 is 1.12. The molecule has 5 rings (SSSR count). The molecule has 56 heavy (non-hydrogen) atoms. The molecule has 1 aromatic heterocycles. The summed E-state index contributed by atoms with van der Waals surface area (Å²) in [6.07, 6.45) is 7.17. The Morgan fingerprint density at radius 2 is 1.73 bits per heavy atom. The molecule has 24 heteroatoms. The molecule has 0 unspecified atom stereocenters. The van der Waals surface area contributed by atoms with Crippen molar-refractivity contribution >= 4 is 76.0 Å². The number of aromatic nitrogens is 2. The number of hydrazone groups is 1. The number of rotatable bonds is 15. The zero-order chi connectivity index (χ0) is 40.6. The first-order valence-corrected chi connectivity index (χ1v) is 18.7. The Kier molecular flexibility index (Phi) is 13.8. The topological polar surface area (TPSA) is 273 Å². The van der Waals surface area contributed by atoms with Gasteiger partial charge in [-0.15, -0.1) is 13.8 Å². The van der Waals surface area contributed by atoms with Crippen LogP contribution in [0.2, 0.25) is 0 Å². The van der Waals surface area contributed by atoms with Crippen LogP contribution in [0.5, 0.6) is 5.88 Å². The van der Waals surface area contributed by atoms with Crippen molar-refractivity contribution in [3.8, 4) is 11.6 Å². The first kappa shape index (κ1) is 41.7. The number of hydrogen-bond acceptors (Lipinski definition) is 18. The summed E-state index contributed by atoms with van der Waals surface area (Å²) in [5.74, 6) is -2.61. The van der Waals surface area contributed by atoms with E-state index in [4.69, 9.17) is 15.3 Å². The van der Waals surface area contributed by atoms with E-state index in [2.05, 4.69) is 39.3 Å². The van der Waals surface area contributed by atoms with E-state index in [0.717, 1.165) is 23.5 Å². The molecule has 0 radical (unpaired) electrons. The number of carbonyl (C=O) groups is 3. The van der Waals surface area contributed by atoms with E-state index < -0.39 is 44.1 Å². The average molecular weight is 834 g/mol. The molecule has 0 atom stereocenters. The molecule has 5 N–H and O–H groups in total. The van der Waals surface area contributed by atoms with Crippen LogP contribution in [-0.2, 0) is 43.2 Å². The van der Waals surface area contributed by atoms with Crippen molar-refractivity contribution in [1.82, 2.24) is 20.0 Å². The van der Waals surface area contributed by atoms with Gasteiger partial charge in [-0.25, -0.2) is 10.5 Å². The first-order valence-electron chi connectivity index (χ1n) is 15.8. The number of benzene rings is 2. The minimum Gasteiger partial charge on any atom is -0.493 e. The van der Waals surface area contributed by atoms with Gasteiger partial charge in [0.25, 0.3) is 27.8 Å². The van der Waals surface area contributed by atoms with E-state index in [9.17, 15) is 32.5 Å². The van der Waals surface area contributed by atoms with Gasteiger partial charge in [0, 0.05) is 42.5 Å². The number of anilines is 1. The third-order valence-electron chi connectivity index (χ3n) is 7.85. The second kappa shape index (κ2) is 18.5. The largest absolute Gasteiger partial charge is 0.493 e. The van der Waals surface area contributed by atoms with Gasteiger partial charge in [0.1, 0.15) is 10.5 Å². The third kappa shape index (κ3) is 9.33. The lowest BCUT2D eigenvalue weighted by atomic mass is 10.1. The molecule has 3 amide bonds. The lowest BCUT2D eigenvalue weighted by molar-refractivity contribution is -0.432. The maximum Gasteiger partial charge on any atom is 0.296 e. The molecule has 3 heterocycles. The Morgan fingerprint density at radius 3 is 2.34 bits per heavy atom. The van der Waals surface area contributed by atoms with Crippen LogP contribution in [0.25, 0.3) is 11.8 Å². The van der Waals surface area contributed by atoms with Gasteiger partial charge >= 0.3 is 0 Å². The third-order valence-corrected chi connectivity index (χ3v) is 9.90. The maximum atomic E-state index is 13.9. The summed E-state index contributed by atoms with van der Waals surface area (Å²) in [5, 5.41) is 47.7. The van der Waals surface area contributed by atoms with Crippen molar-refractivity contribution in [2.24, 2.45) is 10.1 Å². The average Bonchev–Trinajstić information content (AvgIpc) is 3.85. The van der Waals surface area contributed by atoms with Crippen molar-refractivity contribution in [3.05, 3.63) is 82.7 Å². The van der Waals surface area contributed by atoms with Crippen LogP contribution in [0.15, 0.2) is 90.7 Å². The SMILES string of the molecule is CN=COC1=NN(c2cc(SOOO)ccc2C)C(=O)/C1=C\C=C(C=Cc1c(C(=O)NC)nn(-c2cc(SOOO)ccc2S(=O)(=O)O)c1O)N1CCCC1=O. The van der Waals surface area contributed by atoms with E-state index >= 15 is 0 Å². The highest BCUT2D eigenvalue weighted by Gasteiger charge is 2.34. The Hall–Kier alpha value is -5.41. The van der Waals surface area contributed by atoms with Crippen LogP contribution in [0.1, 0.15) is 34.5 Å². The summed E-state index contributed by atoms with van der Waals surface area (Å²) in [6, 6.07) is 8.17. The Balaban J connectivity index is 1.61. The van der Waals surface area contributed by atoms with Gasteiger partial charge in [-0.3, -0.25) is 23.9 Å². The van der Waals surface area contributed by atoms with Crippen molar-refractivity contribution in [2.75, 3.05) is 25.6 Å². The highest BCUT2D eigenvalue weighted by atomic mass is 32.2. The Labute approximate surface area is 326 Å². The number of hydrogen-bond donors (Lipinski definition) is 5. The first-order chi connectivity index (χ1) is 26.8. The molecule has 21 nitrogen and oxygen atoms in total. The minimum atomic E-state index is -4.93. The van der Waals surface area contributed by atoms with E-state index in [1.54, 1.807) is 25.1 Å². The predicted molar refractivity (Wildman–Crippen MR) is 197 cm³/mol. The lowest BCUT2D eigenvalue weighted by Gasteiger charge is -2.17. The predicted octanol–water partition coefficient (Wildman–Crippen LogP) is 3.83. The monoisotopic (exact) mass is 833 g/mol. The normalized spacial score (nSPS) is 15.9. The molecule has 0 spiro atoms. The molecule has 0 aliphatic carbocycles. The van der Waals surface area contributed by atoms with Gasteiger partial charge in [0.2, 0.25) is 11.8 Å². The summed E-state index contributed by atoms with van der Waals surface area (Å²) in [6.45, 7) is 2.01. The summed E-state index contributed by atoms with van der Waals surface area (Å²) in [5.41, 5.74) is 0.0645. The molecule has 1 saturated heterocycles. The zero-order valence-corrected chi connectivity index (χ0v) is 31.7. The lowest BCUT2D eigenvalue weighted by Crippen LogP contribution is -2.23. The number of ether oxygens (including phenoxy) is 1. The van der Waals surface area contributed by atoms with E-state index in [-0.39, 0.29) is 46.5 Å². The summed E-state index contributed by atoms with van der Waals surface area (Å²) in [4.78, 5) is 44.9. The highest BCUT2D eigenvalue weighted by molar-refractivity contribution is 7.94. The molecular formula is C32H31N7O14S3. The van der Waals surface area contributed by atoms with E-state index in [0.29, 0.717) is 51.3 Å². The van der Waals surface area contributed by atoms with Crippen LogP contribution < -0.4 is 10.3 Å². The number of amides is 3. The molecule has 2 aliphatic rings. The fraction of sp³-hybridized carbons (Fsp3) is 0.188. The van der Waals surface area contributed by atoms with Crippen LogP contribution in [0.4, 0.5) is 5.69 Å². The number of aromatic hydroxyl groups is 1. The molecular weight excluding hydrogens is 803 g/mol.